The highest BCUT2D eigenvalue weighted by molar-refractivity contribution is 6.29. The number of rotatable bonds is 6. The number of nitrogens with one attached hydrogen (secondary N) is 1. The molecule has 0 aromatic carbocycles. The number of hydrogen-bond acceptors (Lipinski definition) is 4. The number of anilines is 1. The second-order valence-corrected chi connectivity index (χ2v) is 4.00. The van der Waals surface area contributed by atoms with E-state index < -0.39 is 19.1 Å². The van der Waals surface area contributed by atoms with Crippen LogP contribution in [0.5, 0.6) is 0 Å². The van der Waals surface area contributed by atoms with Gasteiger partial charge in [-0.05, 0) is 6.42 Å². The smallest absolute Gasteiger partial charge is 0.287 e. The molecular weight excluding hydrogens is 252 g/mol. The van der Waals surface area contributed by atoms with Crippen LogP contribution >= 0.6 is 11.6 Å². The van der Waals surface area contributed by atoms with Gasteiger partial charge in [0.15, 0.2) is 0 Å². The van der Waals surface area contributed by atoms with Crippen LogP contribution in [-0.2, 0) is 6.42 Å². The van der Waals surface area contributed by atoms with Crippen molar-refractivity contribution >= 4 is 17.4 Å². The molecule has 0 unspecified atom stereocenters. The lowest BCUT2D eigenvalue weighted by atomic mass is 10.3. The molecule has 0 aliphatic carbocycles. The molecule has 0 aliphatic rings. The van der Waals surface area contributed by atoms with Gasteiger partial charge in [-0.25, -0.2) is 18.7 Å². The highest BCUT2D eigenvalue weighted by atomic mass is 35.5. The summed E-state index contributed by atoms with van der Waals surface area (Å²) in [4.78, 5) is 8.00. The first kappa shape index (κ1) is 14.1. The van der Waals surface area contributed by atoms with Gasteiger partial charge in [0.2, 0.25) is 0 Å². The lowest BCUT2D eigenvalue weighted by Gasteiger charge is -2.14. The molecule has 0 atom stereocenters. The second-order valence-electron chi connectivity index (χ2n) is 3.61. The van der Waals surface area contributed by atoms with Crippen LogP contribution in [0, 0.1) is 0 Å². The SMILES string of the molecule is CCCc1nc(Cl)cc(NCC(F)(F)CO)n1. The molecule has 1 heterocycles. The van der Waals surface area contributed by atoms with Gasteiger partial charge in [-0.1, -0.05) is 18.5 Å². The highest BCUT2D eigenvalue weighted by Crippen LogP contribution is 2.16. The Kier molecular flexibility index (Phi) is 5.02. The van der Waals surface area contributed by atoms with Crippen LogP contribution in [0.1, 0.15) is 19.2 Å². The Balaban J connectivity index is 2.70. The van der Waals surface area contributed by atoms with Crippen LogP contribution in [0.15, 0.2) is 6.07 Å². The van der Waals surface area contributed by atoms with Crippen molar-refractivity contribution in [2.75, 3.05) is 18.5 Å². The molecule has 96 valence electrons. The van der Waals surface area contributed by atoms with Crippen LogP contribution in [0.2, 0.25) is 5.15 Å². The van der Waals surface area contributed by atoms with Gasteiger partial charge in [-0.15, -0.1) is 0 Å². The van der Waals surface area contributed by atoms with Crippen molar-refractivity contribution in [1.82, 2.24) is 9.97 Å². The van der Waals surface area contributed by atoms with E-state index >= 15 is 0 Å². The van der Waals surface area contributed by atoms with Gasteiger partial charge < -0.3 is 10.4 Å². The van der Waals surface area contributed by atoms with Crippen LogP contribution in [0.4, 0.5) is 14.6 Å². The summed E-state index contributed by atoms with van der Waals surface area (Å²) in [7, 11) is 0. The highest BCUT2D eigenvalue weighted by Gasteiger charge is 2.27. The third-order valence-electron chi connectivity index (χ3n) is 1.97. The van der Waals surface area contributed by atoms with Crippen LogP contribution in [0.25, 0.3) is 0 Å². The Morgan fingerprint density at radius 1 is 1.47 bits per heavy atom. The van der Waals surface area contributed by atoms with E-state index in [1.807, 2.05) is 6.92 Å². The molecule has 0 fully saturated rings. The predicted octanol–water partition coefficient (Wildman–Crippen LogP) is 2.12. The van der Waals surface area contributed by atoms with Gasteiger partial charge in [-0.3, -0.25) is 0 Å². The van der Waals surface area contributed by atoms with Gasteiger partial charge >= 0.3 is 0 Å². The Morgan fingerprint density at radius 3 is 2.76 bits per heavy atom. The van der Waals surface area contributed by atoms with Crippen molar-refractivity contribution in [1.29, 1.82) is 0 Å². The minimum absolute atomic E-state index is 0.207. The quantitative estimate of drug-likeness (QED) is 0.774. The van der Waals surface area contributed by atoms with Gasteiger partial charge in [0.25, 0.3) is 5.92 Å². The van der Waals surface area contributed by atoms with Crippen molar-refractivity contribution in [2.24, 2.45) is 0 Å². The molecule has 0 bridgehead atoms. The first-order valence-electron chi connectivity index (χ1n) is 5.23. The fourth-order valence-electron chi connectivity index (χ4n) is 1.17. The van der Waals surface area contributed by atoms with E-state index in [-0.39, 0.29) is 11.0 Å². The summed E-state index contributed by atoms with van der Waals surface area (Å²) in [6, 6.07) is 1.37. The van der Waals surface area contributed by atoms with E-state index in [0.717, 1.165) is 6.42 Å². The predicted molar refractivity (Wildman–Crippen MR) is 61.6 cm³/mol. The first-order chi connectivity index (χ1) is 7.96. The number of hydrogen-bond donors (Lipinski definition) is 2. The van der Waals surface area contributed by atoms with Crippen molar-refractivity contribution in [3.05, 3.63) is 17.0 Å². The molecule has 0 spiro atoms. The Morgan fingerprint density at radius 2 is 2.18 bits per heavy atom. The fraction of sp³-hybridized carbons (Fsp3) is 0.600. The number of nitrogens with zero attached hydrogens (tertiary/aromatic N) is 2. The second kappa shape index (κ2) is 6.07. The van der Waals surface area contributed by atoms with Gasteiger partial charge in [0.05, 0.1) is 6.54 Å². The molecule has 1 aromatic rings. The van der Waals surface area contributed by atoms with E-state index in [2.05, 4.69) is 15.3 Å². The maximum atomic E-state index is 12.8. The molecule has 2 N–H and O–H groups in total. The summed E-state index contributed by atoms with van der Waals surface area (Å²) >= 11 is 5.74. The number of alkyl halides is 2. The number of aromatic nitrogens is 2. The zero-order valence-electron chi connectivity index (χ0n) is 9.38. The summed E-state index contributed by atoms with van der Waals surface area (Å²) < 4.78 is 25.6. The van der Waals surface area contributed by atoms with Gasteiger partial charge in [0, 0.05) is 12.5 Å². The summed E-state index contributed by atoms with van der Waals surface area (Å²) in [6.45, 7) is 0.0559. The van der Waals surface area contributed by atoms with E-state index in [4.69, 9.17) is 16.7 Å². The third-order valence-corrected chi connectivity index (χ3v) is 2.17. The molecule has 0 aliphatic heterocycles. The van der Waals surface area contributed by atoms with Gasteiger partial charge in [-0.2, -0.15) is 0 Å². The fourth-order valence-corrected chi connectivity index (χ4v) is 1.37. The monoisotopic (exact) mass is 265 g/mol. The number of halogens is 3. The molecule has 0 radical (unpaired) electrons. The average Bonchev–Trinajstić information content (AvgIpc) is 2.26. The standard InChI is InChI=1S/C10H14ClF2N3O/c1-2-3-8-15-7(11)4-9(16-8)14-5-10(12,13)6-17/h4,17H,2-3,5-6H2,1H3,(H,14,15,16). The number of aliphatic hydroxyl groups excluding tert-OH is 1. The lowest BCUT2D eigenvalue weighted by Crippen LogP contribution is -2.31. The topological polar surface area (TPSA) is 58.0 Å². The molecular formula is C10H14ClF2N3O. The first-order valence-corrected chi connectivity index (χ1v) is 5.60. The minimum Gasteiger partial charge on any atom is -0.390 e. The molecule has 4 nitrogen and oxygen atoms in total. The lowest BCUT2D eigenvalue weighted by molar-refractivity contribution is -0.0373. The van der Waals surface area contributed by atoms with Crippen molar-refractivity contribution in [2.45, 2.75) is 25.7 Å². The minimum atomic E-state index is -3.18. The van der Waals surface area contributed by atoms with Crippen molar-refractivity contribution in [3.63, 3.8) is 0 Å². The van der Waals surface area contributed by atoms with E-state index in [0.29, 0.717) is 12.2 Å². The van der Waals surface area contributed by atoms with E-state index in [1.54, 1.807) is 0 Å². The largest absolute Gasteiger partial charge is 0.390 e. The molecule has 17 heavy (non-hydrogen) atoms. The van der Waals surface area contributed by atoms with E-state index in [1.165, 1.54) is 6.07 Å². The summed E-state index contributed by atoms with van der Waals surface area (Å²) in [6.07, 6.45) is 1.47. The third kappa shape index (κ3) is 4.79. The number of aliphatic hydroxyl groups is 1. The maximum Gasteiger partial charge on any atom is 0.287 e. The summed E-state index contributed by atoms with van der Waals surface area (Å²) in [5.74, 6) is -2.43. The van der Waals surface area contributed by atoms with Crippen LogP contribution < -0.4 is 5.32 Å². The summed E-state index contributed by atoms with van der Waals surface area (Å²) in [5, 5.41) is 11.1. The molecule has 0 saturated heterocycles. The van der Waals surface area contributed by atoms with Crippen molar-refractivity contribution in [3.8, 4) is 0 Å². The number of aryl methyl sites for hydroxylation is 1. The normalized spacial score (nSPS) is 11.6. The maximum absolute atomic E-state index is 12.8. The van der Waals surface area contributed by atoms with Gasteiger partial charge in [0.1, 0.15) is 23.4 Å². The molecule has 1 rings (SSSR count). The summed E-state index contributed by atoms with van der Waals surface area (Å²) in [5.41, 5.74) is 0. The molecule has 1 aromatic heterocycles. The van der Waals surface area contributed by atoms with E-state index in [9.17, 15) is 8.78 Å². The van der Waals surface area contributed by atoms with Crippen LogP contribution in [0.3, 0.4) is 0 Å². The zero-order chi connectivity index (χ0) is 12.9. The Hall–Kier alpha value is -1.01. The molecule has 0 amide bonds. The zero-order valence-corrected chi connectivity index (χ0v) is 10.1. The molecule has 0 saturated carbocycles. The van der Waals surface area contributed by atoms with Crippen molar-refractivity contribution < 1.29 is 13.9 Å². The average molecular weight is 266 g/mol. The van der Waals surface area contributed by atoms with Crippen LogP contribution in [-0.4, -0.2) is 34.1 Å². The Bertz CT molecular complexity index is 377. The molecule has 7 heteroatoms. The Labute approximate surface area is 103 Å².